The van der Waals surface area contributed by atoms with Crippen molar-refractivity contribution in [3.63, 3.8) is 0 Å². The van der Waals surface area contributed by atoms with E-state index in [1.54, 1.807) is 0 Å². The van der Waals surface area contributed by atoms with E-state index in [1.165, 1.54) is 12.5 Å². The Balaban J connectivity index is 1.61. The first-order valence-corrected chi connectivity index (χ1v) is 7.12. The minimum Gasteiger partial charge on any atom is -0.481 e. The van der Waals surface area contributed by atoms with Crippen LogP contribution in [0, 0.1) is 35.5 Å². The zero-order chi connectivity index (χ0) is 13.6. The molecule has 3 saturated carbocycles. The monoisotopic (exact) mass is 264 g/mol. The van der Waals surface area contributed by atoms with Crippen molar-refractivity contribution in [1.29, 1.82) is 0 Å². The van der Waals surface area contributed by atoms with E-state index in [9.17, 15) is 9.59 Å². The number of carboxylic acid groups (broad SMARTS) is 1. The predicted octanol–water partition coefficient (Wildman–Crippen LogP) is 2.10. The topological polar surface area (TPSA) is 63.6 Å². The summed E-state index contributed by atoms with van der Waals surface area (Å²) in [5.41, 5.74) is 0. The van der Waals surface area contributed by atoms with Crippen molar-refractivity contribution in [2.75, 3.05) is 6.61 Å². The fraction of sp³-hybridized carbons (Fsp3) is 0.733. The minimum atomic E-state index is -0.636. The second-order valence-corrected chi connectivity index (χ2v) is 6.32. The highest BCUT2D eigenvalue weighted by atomic mass is 16.5. The highest BCUT2D eigenvalue weighted by molar-refractivity contribution is 5.81. The molecule has 3 aliphatic rings. The Bertz CT molecular complexity index is 416. The molecular formula is C15H20O4. The van der Waals surface area contributed by atoms with Crippen molar-refractivity contribution in [2.45, 2.75) is 25.7 Å². The molecule has 19 heavy (non-hydrogen) atoms. The molecule has 1 N–H and O–H groups in total. The molecule has 0 saturated heterocycles. The van der Waals surface area contributed by atoms with Gasteiger partial charge in [0.05, 0.1) is 12.5 Å². The maximum absolute atomic E-state index is 11.1. The molecule has 0 heterocycles. The lowest BCUT2D eigenvalue weighted by Crippen LogP contribution is -2.28. The summed E-state index contributed by atoms with van der Waals surface area (Å²) in [6.45, 7) is 3.88. The smallest absolute Gasteiger partial charge is 0.330 e. The van der Waals surface area contributed by atoms with Crippen LogP contribution in [-0.4, -0.2) is 23.7 Å². The van der Waals surface area contributed by atoms with Crippen LogP contribution in [-0.2, 0) is 14.3 Å². The Labute approximate surface area is 112 Å². The summed E-state index contributed by atoms with van der Waals surface area (Å²) in [5, 5.41) is 9.15. The number of fused-ring (bicyclic) bond motifs is 5. The summed E-state index contributed by atoms with van der Waals surface area (Å²) in [6.07, 6.45) is 5.19. The highest BCUT2D eigenvalue weighted by Crippen LogP contribution is 2.62. The van der Waals surface area contributed by atoms with Crippen LogP contribution >= 0.6 is 0 Å². The van der Waals surface area contributed by atoms with E-state index in [2.05, 4.69) is 6.58 Å². The molecule has 4 nitrogen and oxygen atoms in total. The largest absolute Gasteiger partial charge is 0.481 e. The molecule has 0 aromatic carbocycles. The molecule has 0 spiro atoms. The molecule has 0 aliphatic heterocycles. The molecular weight excluding hydrogens is 244 g/mol. The molecule has 3 fully saturated rings. The highest BCUT2D eigenvalue weighted by Gasteiger charge is 2.56. The number of carbonyl (C=O) groups excluding carboxylic acids is 1. The molecule has 6 unspecified atom stereocenters. The minimum absolute atomic E-state index is 0.144. The summed E-state index contributed by atoms with van der Waals surface area (Å²) < 4.78 is 5.18. The Morgan fingerprint density at radius 2 is 1.89 bits per heavy atom. The zero-order valence-electron chi connectivity index (χ0n) is 11.0. The summed E-state index contributed by atoms with van der Waals surface area (Å²) in [4.78, 5) is 22.2. The molecule has 0 amide bonds. The standard InChI is InChI=1S/C15H20O4/c1-2-14(16)19-7-10-3-8-4-12(10)13-6-9(15(17)18)5-11(8)13/h2,8-13H,1,3-7H2,(H,17,18). The summed E-state index contributed by atoms with van der Waals surface area (Å²) in [5.74, 6) is 1.68. The normalized spacial score (nSPS) is 42.9. The zero-order valence-corrected chi connectivity index (χ0v) is 11.0. The van der Waals surface area contributed by atoms with E-state index >= 15 is 0 Å². The Hall–Kier alpha value is -1.32. The van der Waals surface area contributed by atoms with Crippen LogP contribution in [0.5, 0.6) is 0 Å². The molecule has 0 aromatic rings. The van der Waals surface area contributed by atoms with Gasteiger partial charge in [-0.05, 0) is 55.3 Å². The Morgan fingerprint density at radius 1 is 1.16 bits per heavy atom. The molecule has 3 aliphatic carbocycles. The van der Waals surface area contributed by atoms with Crippen LogP contribution in [0.25, 0.3) is 0 Å². The van der Waals surface area contributed by atoms with Gasteiger partial charge >= 0.3 is 11.9 Å². The van der Waals surface area contributed by atoms with Crippen molar-refractivity contribution in [3.8, 4) is 0 Å². The van der Waals surface area contributed by atoms with Gasteiger partial charge in [0.2, 0.25) is 0 Å². The van der Waals surface area contributed by atoms with E-state index in [1.807, 2.05) is 0 Å². The van der Waals surface area contributed by atoms with E-state index in [4.69, 9.17) is 9.84 Å². The van der Waals surface area contributed by atoms with Gasteiger partial charge in [-0.1, -0.05) is 6.58 Å². The number of rotatable bonds is 4. The molecule has 2 bridgehead atoms. The first kappa shape index (κ1) is 12.7. The van der Waals surface area contributed by atoms with Gasteiger partial charge in [-0.2, -0.15) is 0 Å². The SMILES string of the molecule is C=CC(=O)OCC1CC2CC1C1CC(C(=O)O)CC21. The molecule has 104 valence electrons. The van der Waals surface area contributed by atoms with E-state index in [0.717, 1.165) is 19.3 Å². The van der Waals surface area contributed by atoms with Crippen molar-refractivity contribution >= 4 is 11.9 Å². The first-order chi connectivity index (χ1) is 9.10. The van der Waals surface area contributed by atoms with Crippen molar-refractivity contribution in [3.05, 3.63) is 12.7 Å². The van der Waals surface area contributed by atoms with Gasteiger partial charge in [0.25, 0.3) is 0 Å². The lowest BCUT2D eigenvalue weighted by atomic mass is 9.76. The number of hydrogen-bond donors (Lipinski definition) is 1. The second-order valence-electron chi connectivity index (χ2n) is 6.32. The molecule has 6 atom stereocenters. The average molecular weight is 264 g/mol. The van der Waals surface area contributed by atoms with E-state index < -0.39 is 5.97 Å². The van der Waals surface area contributed by atoms with Gasteiger partial charge < -0.3 is 9.84 Å². The van der Waals surface area contributed by atoms with Gasteiger partial charge in [0.15, 0.2) is 0 Å². The van der Waals surface area contributed by atoms with Crippen molar-refractivity contribution in [1.82, 2.24) is 0 Å². The van der Waals surface area contributed by atoms with Gasteiger partial charge in [0, 0.05) is 6.08 Å². The predicted molar refractivity (Wildman–Crippen MR) is 68.2 cm³/mol. The summed E-state index contributed by atoms with van der Waals surface area (Å²) in [7, 11) is 0. The fourth-order valence-electron chi connectivity index (χ4n) is 4.85. The number of carbonyl (C=O) groups is 2. The Kier molecular flexibility index (Phi) is 3.11. The molecule has 3 rings (SSSR count). The maximum Gasteiger partial charge on any atom is 0.330 e. The number of hydrogen-bond acceptors (Lipinski definition) is 3. The number of ether oxygens (including phenoxy) is 1. The van der Waals surface area contributed by atoms with Crippen LogP contribution in [0.15, 0.2) is 12.7 Å². The van der Waals surface area contributed by atoms with Crippen molar-refractivity contribution < 1.29 is 19.4 Å². The maximum atomic E-state index is 11.1. The van der Waals surface area contributed by atoms with Crippen molar-refractivity contribution in [2.24, 2.45) is 35.5 Å². The number of esters is 1. The number of carboxylic acids is 1. The number of aliphatic carboxylic acids is 1. The van der Waals surface area contributed by atoms with Crippen LogP contribution in [0.3, 0.4) is 0 Å². The van der Waals surface area contributed by atoms with Gasteiger partial charge in [-0.15, -0.1) is 0 Å². The third-order valence-electron chi connectivity index (χ3n) is 5.56. The first-order valence-electron chi connectivity index (χ1n) is 7.12. The van der Waals surface area contributed by atoms with Crippen LogP contribution in [0.4, 0.5) is 0 Å². The van der Waals surface area contributed by atoms with Gasteiger partial charge in [-0.3, -0.25) is 4.79 Å². The van der Waals surface area contributed by atoms with Crippen LogP contribution in [0.1, 0.15) is 25.7 Å². The summed E-state index contributed by atoms with van der Waals surface area (Å²) >= 11 is 0. The molecule has 0 radical (unpaired) electrons. The fourth-order valence-corrected chi connectivity index (χ4v) is 4.85. The lowest BCUT2D eigenvalue weighted by molar-refractivity contribution is -0.141. The van der Waals surface area contributed by atoms with Gasteiger partial charge in [0.1, 0.15) is 0 Å². The van der Waals surface area contributed by atoms with E-state index in [-0.39, 0.29) is 11.9 Å². The van der Waals surface area contributed by atoms with Crippen LogP contribution in [0.2, 0.25) is 0 Å². The second kappa shape index (κ2) is 4.66. The van der Waals surface area contributed by atoms with E-state index in [0.29, 0.717) is 36.2 Å². The Morgan fingerprint density at radius 3 is 2.58 bits per heavy atom. The average Bonchev–Trinajstić information content (AvgIpc) is 3.05. The quantitative estimate of drug-likeness (QED) is 0.624. The third kappa shape index (κ3) is 2.07. The molecule has 4 heteroatoms. The molecule has 0 aromatic heterocycles. The third-order valence-corrected chi connectivity index (χ3v) is 5.56. The lowest BCUT2D eigenvalue weighted by Gasteiger charge is -2.30. The summed E-state index contributed by atoms with van der Waals surface area (Å²) in [6, 6.07) is 0. The van der Waals surface area contributed by atoms with Gasteiger partial charge in [-0.25, -0.2) is 4.79 Å². The van der Waals surface area contributed by atoms with Crippen LogP contribution < -0.4 is 0 Å².